The maximum absolute atomic E-state index is 12.9. The summed E-state index contributed by atoms with van der Waals surface area (Å²) in [6.45, 7) is 2.92. The van der Waals surface area contributed by atoms with Crippen LogP contribution in [-0.4, -0.2) is 17.7 Å². The third-order valence-electron chi connectivity index (χ3n) is 2.42. The van der Waals surface area contributed by atoms with Gasteiger partial charge < -0.3 is 14.8 Å². The fourth-order valence-corrected chi connectivity index (χ4v) is 2.00. The first kappa shape index (κ1) is 14.5. The number of esters is 2. The zero-order chi connectivity index (χ0) is 14.9. The molecular weight excluding hydrogens is 333 g/mol. The lowest BCUT2D eigenvalue weighted by Crippen LogP contribution is -2.42. The van der Waals surface area contributed by atoms with Gasteiger partial charge in [-0.15, -0.1) is 0 Å². The Morgan fingerprint density at radius 1 is 1.25 bits per heavy atom. The topological polar surface area (TPSA) is 64.6 Å². The Kier molecular flexibility index (Phi) is 3.80. The number of carbonyl (C=O) groups is 2. The molecule has 7 heteroatoms. The SMILES string of the molecule is CC1(C)OC(=O)C(=CNc2ccc(F)cc2Br)C(=O)O1. The number of ether oxygens (including phenoxy) is 2. The molecule has 20 heavy (non-hydrogen) atoms. The van der Waals surface area contributed by atoms with E-state index >= 15 is 0 Å². The third kappa shape index (κ3) is 3.16. The minimum Gasteiger partial charge on any atom is -0.419 e. The van der Waals surface area contributed by atoms with Gasteiger partial charge in [-0.2, -0.15) is 0 Å². The van der Waals surface area contributed by atoms with Crippen molar-refractivity contribution in [1.29, 1.82) is 0 Å². The van der Waals surface area contributed by atoms with Crippen LogP contribution in [0.15, 0.2) is 34.4 Å². The van der Waals surface area contributed by atoms with E-state index in [4.69, 9.17) is 9.47 Å². The molecule has 1 aromatic rings. The number of hydrogen-bond acceptors (Lipinski definition) is 5. The Morgan fingerprint density at radius 3 is 2.40 bits per heavy atom. The Morgan fingerprint density at radius 2 is 1.85 bits per heavy atom. The first-order valence-corrected chi connectivity index (χ1v) is 6.46. The van der Waals surface area contributed by atoms with E-state index in [1.54, 1.807) is 0 Å². The number of nitrogens with one attached hydrogen (secondary N) is 1. The molecule has 0 amide bonds. The smallest absolute Gasteiger partial charge is 0.350 e. The van der Waals surface area contributed by atoms with Gasteiger partial charge in [-0.3, -0.25) is 0 Å². The molecule has 1 fully saturated rings. The van der Waals surface area contributed by atoms with Gasteiger partial charge in [0.25, 0.3) is 5.79 Å². The molecule has 1 saturated heterocycles. The van der Waals surface area contributed by atoms with Crippen LogP contribution in [0.3, 0.4) is 0 Å². The normalized spacial score (nSPS) is 17.3. The maximum Gasteiger partial charge on any atom is 0.350 e. The number of hydrogen-bond donors (Lipinski definition) is 1. The second kappa shape index (κ2) is 5.24. The van der Waals surface area contributed by atoms with Crippen LogP contribution in [0, 0.1) is 5.82 Å². The van der Waals surface area contributed by atoms with E-state index in [1.807, 2.05) is 0 Å². The summed E-state index contributed by atoms with van der Waals surface area (Å²) in [5.74, 6) is -3.25. The van der Waals surface area contributed by atoms with Gasteiger partial charge in [-0.1, -0.05) is 0 Å². The molecule has 5 nitrogen and oxygen atoms in total. The molecule has 0 spiro atoms. The number of benzene rings is 1. The molecule has 0 unspecified atom stereocenters. The van der Waals surface area contributed by atoms with Crippen LogP contribution in [0.4, 0.5) is 10.1 Å². The number of anilines is 1. The standard InChI is InChI=1S/C13H11BrFNO4/c1-13(2)19-11(17)8(12(18)20-13)6-16-10-4-3-7(15)5-9(10)14/h3-6,16H,1-2H3. The molecule has 0 radical (unpaired) electrons. The van der Waals surface area contributed by atoms with Crippen molar-refractivity contribution in [3.63, 3.8) is 0 Å². The molecular formula is C13H11BrFNO4. The molecule has 0 atom stereocenters. The van der Waals surface area contributed by atoms with Crippen molar-refractivity contribution in [2.45, 2.75) is 19.6 Å². The van der Waals surface area contributed by atoms with E-state index in [2.05, 4.69) is 21.2 Å². The lowest BCUT2D eigenvalue weighted by Gasteiger charge is -2.29. The average Bonchev–Trinajstić information content (AvgIpc) is 2.28. The van der Waals surface area contributed by atoms with Crippen LogP contribution in [0.25, 0.3) is 0 Å². The summed E-state index contributed by atoms with van der Waals surface area (Å²) in [4.78, 5) is 23.4. The molecule has 0 saturated carbocycles. The second-order valence-electron chi connectivity index (χ2n) is 4.51. The van der Waals surface area contributed by atoms with Crippen LogP contribution in [0.2, 0.25) is 0 Å². The van der Waals surface area contributed by atoms with E-state index < -0.39 is 23.5 Å². The highest BCUT2D eigenvalue weighted by Crippen LogP contribution is 2.25. The fourth-order valence-electron chi connectivity index (χ4n) is 1.53. The van der Waals surface area contributed by atoms with Crippen molar-refractivity contribution in [3.8, 4) is 0 Å². The van der Waals surface area contributed by atoms with Crippen molar-refractivity contribution >= 4 is 33.6 Å². The molecule has 1 heterocycles. The van der Waals surface area contributed by atoms with Crippen molar-refractivity contribution in [2.75, 3.05) is 5.32 Å². The summed E-state index contributed by atoms with van der Waals surface area (Å²) in [7, 11) is 0. The van der Waals surface area contributed by atoms with E-state index in [-0.39, 0.29) is 5.57 Å². The van der Waals surface area contributed by atoms with Crippen LogP contribution in [0.5, 0.6) is 0 Å². The highest BCUT2D eigenvalue weighted by molar-refractivity contribution is 9.10. The van der Waals surface area contributed by atoms with E-state index in [9.17, 15) is 14.0 Å². The molecule has 0 aliphatic carbocycles. The molecule has 1 N–H and O–H groups in total. The van der Waals surface area contributed by atoms with E-state index in [0.717, 1.165) is 6.20 Å². The Balaban J connectivity index is 2.19. The van der Waals surface area contributed by atoms with E-state index in [1.165, 1.54) is 32.0 Å². The molecule has 1 aliphatic rings. The van der Waals surface area contributed by atoms with Gasteiger partial charge in [0.15, 0.2) is 5.57 Å². The zero-order valence-corrected chi connectivity index (χ0v) is 12.3. The minimum absolute atomic E-state index is 0.263. The molecule has 106 valence electrons. The monoisotopic (exact) mass is 343 g/mol. The number of carbonyl (C=O) groups excluding carboxylic acids is 2. The van der Waals surface area contributed by atoms with Gasteiger partial charge in [-0.05, 0) is 34.1 Å². The summed E-state index contributed by atoms with van der Waals surface area (Å²) in [6.07, 6.45) is 1.16. The van der Waals surface area contributed by atoms with Gasteiger partial charge in [0.2, 0.25) is 0 Å². The van der Waals surface area contributed by atoms with Crippen LogP contribution in [-0.2, 0) is 19.1 Å². The highest BCUT2D eigenvalue weighted by Gasteiger charge is 2.38. The minimum atomic E-state index is -1.28. The number of halogens is 2. The summed E-state index contributed by atoms with van der Waals surface area (Å²) in [5.41, 5.74) is 0.227. The molecule has 0 aromatic heterocycles. The van der Waals surface area contributed by atoms with E-state index in [0.29, 0.717) is 10.2 Å². The first-order valence-electron chi connectivity index (χ1n) is 5.67. The van der Waals surface area contributed by atoms with Crippen molar-refractivity contribution in [3.05, 3.63) is 40.3 Å². The van der Waals surface area contributed by atoms with Gasteiger partial charge in [0, 0.05) is 24.5 Å². The lowest BCUT2D eigenvalue weighted by molar-refractivity contribution is -0.222. The fraction of sp³-hybridized carbons (Fsp3) is 0.231. The van der Waals surface area contributed by atoms with Crippen molar-refractivity contribution in [2.24, 2.45) is 0 Å². The largest absolute Gasteiger partial charge is 0.419 e. The Bertz CT molecular complexity index is 590. The van der Waals surface area contributed by atoms with Crippen molar-refractivity contribution in [1.82, 2.24) is 0 Å². The summed E-state index contributed by atoms with van der Waals surface area (Å²) in [5, 5.41) is 2.72. The summed E-state index contributed by atoms with van der Waals surface area (Å²) in [6, 6.07) is 3.95. The van der Waals surface area contributed by atoms with Gasteiger partial charge in [-0.25, -0.2) is 14.0 Å². The average molecular weight is 344 g/mol. The van der Waals surface area contributed by atoms with Gasteiger partial charge >= 0.3 is 11.9 Å². The Hall–Kier alpha value is -1.89. The summed E-state index contributed by atoms with van der Waals surface area (Å²) < 4.78 is 23.2. The predicted octanol–water partition coefficient (Wildman–Crippen LogP) is 2.72. The molecule has 0 bridgehead atoms. The predicted molar refractivity (Wildman–Crippen MR) is 72.1 cm³/mol. The van der Waals surface area contributed by atoms with Gasteiger partial charge in [0.1, 0.15) is 5.82 Å². The van der Waals surface area contributed by atoms with Crippen molar-refractivity contribution < 1.29 is 23.5 Å². The number of cyclic esters (lactones) is 2. The lowest BCUT2D eigenvalue weighted by atomic mass is 10.2. The highest BCUT2D eigenvalue weighted by atomic mass is 79.9. The van der Waals surface area contributed by atoms with Crippen LogP contribution < -0.4 is 5.32 Å². The van der Waals surface area contributed by atoms with Crippen LogP contribution >= 0.6 is 15.9 Å². The number of rotatable bonds is 2. The van der Waals surface area contributed by atoms with Gasteiger partial charge in [0.05, 0.1) is 5.69 Å². The Labute approximate surface area is 122 Å². The molecule has 2 rings (SSSR count). The zero-order valence-electron chi connectivity index (χ0n) is 10.7. The molecule has 1 aromatic carbocycles. The second-order valence-corrected chi connectivity index (χ2v) is 5.36. The maximum atomic E-state index is 12.9. The molecule has 1 aliphatic heterocycles. The quantitative estimate of drug-likeness (QED) is 0.508. The summed E-state index contributed by atoms with van der Waals surface area (Å²) >= 11 is 3.16. The first-order chi connectivity index (χ1) is 9.28. The van der Waals surface area contributed by atoms with Crippen LogP contribution in [0.1, 0.15) is 13.8 Å². The third-order valence-corrected chi connectivity index (χ3v) is 3.08.